The molecule has 4 heteroatoms. The van der Waals surface area contributed by atoms with E-state index in [1.54, 1.807) is 0 Å². The molecule has 0 aliphatic carbocycles. The van der Waals surface area contributed by atoms with Crippen LogP contribution in [-0.4, -0.2) is 21.6 Å². The molecule has 1 aromatic heterocycles. The first kappa shape index (κ1) is 15.1. The maximum atomic E-state index is 5.38. The third-order valence-electron chi connectivity index (χ3n) is 4.65. The summed E-state index contributed by atoms with van der Waals surface area (Å²) in [7, 11) is 0. The van der Waals surface area contributed by atoms with E-state index in [1.807, 2.05) is 6.92 Å². The molecular formula is C20H21N3O. The van der Waals surface area contributed by atoms with Crippen LogP contribution in [0.25, 0.3) is 0 Å². The fourth-order valence-electron chi connectivity index (χ4n) is 3.46. The Labute approximate surface area is 142 Å². The Morgan fingerprint density at radius 2 is 1.88 bits per heavy atom. The maximum absolute atomic E-state index is 5.38. The predicted molar refractivity (Wildman–Crippen MR) is 92.5 cm³/mol. The predicted octanol–water partition coefficient (Wildman–Crippen LogP) is 3.78. The van der Waals surface area contributed by atoms with Crippen molar-refractivity contribution in [3.8, 4) is 0 Å². The van der Waals surface area contributed by atoms with Crippen molar-refractivity contribution in [2.45, 2.75) is 32.4 Å². The van der Waals surface area contributed by atoms with Gasteiger partial charge < -0.3 is 4.52 Å². The van der Waals surface area contributed by atoms with Crippen LogP contribution in [0.1, 0.15) is 41.2 Å². The molecule has 0 radical (unpaired) electrons. The standard InChI is InChI=1S/C20H21N3O/c1-2-19-21-20(24-22-19)14-23-12-16-10-6-7-11-17(16)18(13-23)15-8-4-3-5-9-15/h3-11,18H,2,12-14H2,1H3/t18-/m1/s1. The third kappa shape index (κ3) is 2.97. The fourth-order valence-corrected chi connectivity index (χ4v) is 3.46. The lowest BCUT2D eigenvalue weighted by Gasteiger charge is -2.34. The Hall–Kier alpha value is -2.46. The van der Waals surface area contributed by atoms with Gasteiger partial charge in [0, 0.05) is 25.4 Å². The number of hydrogen-bond donors (Lipinski definition) is 0. The van der Waals surface area contributed by atoms with Gasteiger partial charge in [-0.15, -0.1) is 0 Å². The van der Waals surface area contributed by atoms with Gasteiger partial charge in [0.25, 0.3) is 0 Å². The smallest absolute Gasteiger partial charge is 0.240 e. The van der Waals surface area contributed by atoms with Gasteiger partial charge in [0.05, 0.1) is 6.54 Å². The number of benzene rings is 2. The molecule has 122 valence electrons. The molecule has 2 heterocycles. The SMILES string of the molecule is CCc1noc(CN2Cc3ccccc3[C@@H](c3ccccc3)C2)n1. The molecular weight excluding hydrogens is 298 g/mol. The highest BCUT2D eigenvalue weighted by atomic mass is 16.5. The Morgan fingerprint density at radius 3 is 2.67 bits per heavy atom. The second-order valence-electron chi connectivity index (χ2n) is 6.29. The average molecular weight is 319 g/mol. The van der Waals surface area contributed by atoms with E-state index in [0.29, 0.717) is 18.4 Å². The van der Waals surface area contributed by atoms with Crippen LogP contribution in [0, 0.1) is 0 Å². The minimum absolute atomic E-state index is 0.379. The van der Waals surface area contributed by atoms with Crippen molar-refractivity contribution >= 4 is 0 Å². The van der Waals surface area contributed by atoms with Crippen LogP contribution in [0.2, 0.25) is 0 Å². The van der Waals surface area contributed by atoms with Crippen molar-refractivity contribution in [1.29, 1.82) is 0 Å². The molecule has 2 aromatic carbocycles. The summed E-state index contributed by atoms with van der Waals surface area (Å²) in [5.74, 6) is 1.87. The first-order valence-electron chi connectivity index (χ1n) is 8.50. The van der Waals surface area contributed by atoms with Gasteiger partial charge in [0.1, 0.15) is 0 Å². The number of hydrogen-bond acceptors (Lipinski definition) is 4. The summed E-state index contributed by atoms with van der Waals surface area (Å²) in [6, 6.07) is 19.5. The Morgan fingerprint density at radius 1 is 1.08 bits per heavy atom. The highest BCUT2D eigenvalue weighted by molar-refractivity contribution is 5.40. The molecule has 0 bridgehead atoms. The van der Waals surface area contributed by atoms with E-state index in [2.05, 4.69) is 69.6 Å². The Kier molecular flexibility index (Phi) is 4.13. The molecule has 3 aromatic rings. The summed E-state index contributed by atoms with van der Waals surface area (Å²) in [4.78, 5) is 6.85. The van der Waals surface area contributed by atoms with Gasteiger partial charge in [0.15, 0.2) is 5.82 Å². The lowest BCUT2D eigenvalue weighted by molar-refractivity contribution is 0.200. The van der Waals surface area contributed by atoms with Crippen LogP contribution in [0.4, 0.5) is 0 Å². The summed E-state index contributed by atoms with van der Waals surface area (Å²) in [6.45, 7) is 4.62. The van der Waals surface area contributed by atoms with Crippen molar-refractivity contribution < 1.29 is 4.52 Å². The Balaban J connectivity index is 1.62. The number of fused-ring (bicyclic) bond motifs is 1. The molecule has 0 amide bonds. The van der Waals surface area contributed by atoms with Crippen LogP contribution in [-0.2, 0) is 19.5 Å². The molecule has 1 atom stereocenters. The second kappa shape index (κ2) is 6.57. The minimum Gasteiger partial charge on any atom is -0.338 e. The van der Waals surface area contributed by atoms with Crippen LogP contribution < -0.4 is 0 Å². The third-order valence-corrected chi connectivity index (χ3v) is 4.65. The zero-order chi connectivity index (χ0) is 16.4. The molecule has 1 aliphatic rings. The van der Waals surface area contributed by atoms with E-state index in [-0.39, 0.29) is 0 Å². The zero-order valence-electron chi connectivity index (χ0n) is 13.9. The topological polar surface area (TPSA) is 42.2 Å². The average Bonchev–Trinajstić information content (AvgIpc) is 3.09. The molecule has 0 saturated heterocycles. The second-order valence-corrected chi connectivity index (χ2v) is 6.29. The van der Waals surface area contributed by atoms with Gasteiger partial charge in [-0.25, -0.2) is 0 Å². The lowest BCUT2D eigenvalue weighted by atomic mass is 9.85. The van der Waals surface area contributed by atoms with Crippen molar-refractivity contribution in [1.82, 2.24) is 15.0 Å². The van der Waals surface area contributed by atoms with Gasteiger partial charge in [-0.05, 0) is 16.7 Å². The monoisotopic (exact) mass is 319 g/mol. The van der Waals surface area contributed by atoms with Crippen molar-refractivity contribution in [2.75, 3.05) is 6.54 Å². The van der Waals surface area contributed by atoms with E-state index in [4.69, 9.17) is 4.52 Å². The van der Waals surface area contributed by atoms with Gasteiger partial charge >= 0.3 is 0 Å². The van der Waals surface area contributed by atoms with E-state index in [1.165, 1.54) is 16.7 Å². The number of nitrogens with zero attached hydrogens (tertiary/aromatic N) is 3. The van der Waals surface area contributed by atoms with Crippen molar-refractivity contribution in [3.05, 3.63) is 83.0 Å². The van der Waals surface area contributed by atoms with Crippen molar-refractivity contribution in [3.63, 3.8) is 0 Å². The molecule has 0 spiro atoms. The van der Waals surface area contributed by atoms with Gasteiger partial charge in [-0.3, -0.25) is 4.90 Å². The lowest BCUT2D eigenvalue weighted by Crippen LogP contribution is -2.33. The van der Waals surface area contributed by atoms with Gasteiger partial charge in [0.2, 0.25) is 5.89 Å². The largest absolute Gasteiger partial charge is 0.338 e. The van der Waals surface area contributed by atoms with E-state index in [9.17, 15) is 0 Å². The molecule has 0 unspecified atom stereocenters. The summed E-state index contributed by atoms with van der Waals surface area (Å²) in [5, 5.41) is 4.01. The number of rotatable bonds is 4. The molecule has 24 heavy (non-hydrogen) atoms. The first-order chi connectivity index (χ1) is 11.8. The minimum atomic E-state index is 0.379. The number of aryl methyl sites for hydroxylation is 1. The highest BCUT2D eigenvalue weighted by Gasteiger charge is 2.27. The maximum Gasteiger partial charge on any atom is 0.240 e. The van der Waals surface area contributed by atoms with Crippen LogP contribution >= 0.6 is 0 Å². The summed E-state index contributed by atoms with van der Waals surface area (Å²) in [5.41, 5.74) is 4.17. The molecule has 4 nitrogen and oxygen atoms in total. The first-order valence-corrected chi connectivity index (χ1v) is 8.50. The van der Waals surface area contributed by atoms with Crippen LogP contribution in [0.15, 0.2) is 59.1 Å². The molecule has 1 aliphatic heterocycles. The van der Waals surface area contributed by atoms with Gasteiger partial charge in [-0.1, -0.05) is 66.7 Å². The van der Waals surface area contributed by atoms with Gasteiger partial charge in [-0.2, -0.15) is 4.98 Å². The fraction of sp³-hybridized carbons (Fsp3) is 0.300. The quantitative estimate of drug-likeness (QED) is 0.734. The molecule has 4 rings (SSSR count). The van der Waals surface area contributed by atoms with E-state index in [0.717, 1.165) is 25.3 Å². The van der Waals surface area contributed by atoms with Crippen molar-refractivity contribution in [2.24, 2.45) is 0 Å². The molecule has 0 N–H and O–H groups in total. The van der Waals surface area contributed by atoms with Crippen LogP contribution in [0.3, 0.4) is 0 Å². The normalized spacial score (nSPS) is 17.6. The zero-order valence-corrected chi connectivity index (χ0v) is 13.9. The highest BCUT2D eigenvalue weighted by Crippen LogP contribution is 2.33. The van der Waals surface area contributed by atoms with E-state index >= 15 is 0 Å². The summed E-state index contributed by atoms with van der Waals surface area (Å²) < 4.78 is 5.38. The Bertz CT molecular complexity index is 813. The number of aromatic nitrogens is 2. The summed E-state index contributed by atoms with van der Waals surface area (Å²) in [6.07, 6.45) is 0.805. The summed E-state index contributed by atoms with van der Waals surface area (Å²) >= 11 is 0. The van der Waals surface area contributed by atoms with Crippen LogP contribution in [0.5, 0.6) is 0 Å². The molecule has 0 fully saturated rings. The van der Waals surface area contributed by atoms with E-state index < -0.39 is 0 Å². The molecule has 0 saturated carbocycles.